The van der Waals surface area contributed by atoms with Crippen molar-refractivity contribution in [3.8, 4) is 0 Å². The van der Waals surface area contributed by atoms with Crippen LogP contribution in [0, 0.1) is 5.92 Å². The zero-order chi connectivity index (χ0) is 7.78. The predicted octanol–water partition coefficient (Wildman–Crippen LogP) is 1.43. The molecule has 0 saturated carbocycles. The van der Waals surface area contributed by atoms with Crippen LogP contribution in [0.3, 0.4) is 0 Å². The molecule has 0 saturated heterocycles. The highest BCUT2D eigenvalue weighted by Crippen LogP contribution is 2.31. The second kappa shape index (κ2) is 2.15. The second-order valence-corrected chi connectivity index (χ2v) is 3.28. The molecule has 0 N–H and O–H groups in total. The van der Waals surface area contributed by atoms with E-state index >= 15 is 0 Å². The maximum absolute atomic E-state index is 10.4. The largest absolute Gasteiger partial charge is 0.301 e. The van der Waals surface area contributed by atoms with E-state index in [2.05, 4.69) is 10.2 Å². The van der Waals surface area contributed by atoms with Crippen LogP contribution < -0.4 is 0 Å². The standard InChI is InChI=1S/C7H12N2O/c1-5-6(4-10)8-9-7(5,2)3/h4-6H,1-3H3. The molecule has 0 amide bonds. The molecule has 3 nitrogen and oxygen atoms in total. The van der Waals surface area contributed by atoms with Gasteiger partial charge in [0.2, 0.25) is 0 Å². The van der Waals surface area contributed by atoms with Gasteiger partial charge in [0.15, 0.2) is 0 Å². The molecule has 10 heavy (non-hydrogen) atoms. The van der Waals surface area contributed by atoms with Crippen molar-refractivity contribution in [3.63, 3.8) is 0 Å². The van der Waals surface area contributed by atoms with E-state index in [1.165, 1.54) is 0 Å². The van der Waals surface area contributed by atoms with Gasteiger partial charge in [-0.25, -0.2) is 0 Å². The Balaban J connectivity index is 2.77. The number of carbonyl (C=O) groups is 1. The van der Waals surface area contributed by atoms with Crippen LogP contribution in [-0.4, -0.2) is 17.9 Å². The maximum Gasteiger partial charge on any atom is 0.146 e. The van der Waals surface area contributed by atoms with Gasteiger partial charge in [0.05, 0.1) is 5.54 Å². The number of aldehydes is 1. The molecule has 2 unspecified atom stereocenters. The van der Waals surface area contributed by atoms with Crippen LogP contribution >= 0.6 is 0 Å². The molecule has 56 valence electrons. The van der Waals surface area contributed by atoms with Gasteiger partial charge in [0, 0.05) is 5.92 Å². The van der Waals surface area contributed by atoms with Gasteiger partial charge < -0.3 is 4.79 Å². The Morgan fingerprint density at radius 2 is 2.10 bits per heavy atom. The molecule has 1 aliphatic heterocycles. The Labute approximate surface area is 60.5 Å². The first-order valence-corrected chi connectivity index (χ1v) is 3.45. The highest BCUT2D eigenvalue weighted by molar-refractivity contribution is 5.59. The molecule has 2 atom stereocenters. The SMILES string of the molecule is CC1C(C=O)N=NC1(C)C. The van der Waals surface area contributed by atoms with Crippen LogP contribution in [0.25, 0.3) is 0 Å². The summed E-state index contributed by atoms with van der Waals surface area (Å²) in [4.78, 5) is 10.4. The quantitative estimate of drug-likeness (QED) is 0.508. The third kappa shape index (κ3) is 0.958. The third-order valence-corrected chi connectivity index (χ3v) is 2.21. The molecule has 0 fully saturated rings. The van der Waals surface area contributed by atoms with E-state index in [0.717, 1.165) is 6.29 Å². The van der Waals surface area contributed by atoms with E-state index in [1.54, 1.807) is 0 Å². The fourth-order valence-electron chi connectivity index (χ4n) is 0.969. The van der Waals surface area contributed by atoms with Crippen LogP contribution in [0.1, 0.15) is 20.8 Å². The summed E-state index contributed by atoms with van der Waals surface area (Å²) in [5, 5.41) is 7.84. The number of hydrogen-bond acceptors (Lipinski definition) is 3. The van der Waals surface area contributed by atoms with Gasteiger partial charge in [-0.15, -0.1) is 0 Å². The van der Waals surface area contributed by atoms with Gasteiger partial charge in [-0.1, -0.05) is 6.92 Å². The highest BCUT2D eigenvalue weighted by atomic mass is 16.1. The fourth-order valence-corrected chi connectivity index (χ4v) is 0.969. The first-order chi connectivity index (χ1) is 4.58. The van der Waals surface area contributed by atoms with Crippen LogP contribution in [0.5, 0.6) is 0 Å². The van der Waals surface area contributed by atoms with E-state index in [4.69, 9.17) is 0 Å². The van der Waals surface area contributed by atoms with Crippen molar-refractivity contribution >= 4 is 6.29 Å². The molecule has 0 bridgehead atoms. The van der Waals surface area contributed by atoms with Crippen molar-refractivity contribution in [3.05, 3.63) is 0 Å². The predicted molar refractivity (Wildman–Crippen MR) is 38.0 cm³/mol. The summed E-state index contributed by atoms with van der Waals surface area (Å²) in [5.41, 5.74) is -0.147. The molecule has 3 heteroatoms. The summed E-state index contributed by atoms with van der Waals surface area (Å²) < 4.78 is 0. The molecule has 1 aliphatic rings. The second-order valence-electron chi connectivity index (χ2n) is 3.28. The Hall–Kier alpha value is -0.730. The van der Waals surface area contributed by atoms with Crippen LogP contribution in [0.4, 0.5) is 0 Å². The average Bonchev–Trinajstić information content (AvgIpc) is 2.10. The molecule has 1 heterocycles. The van der Waals surface area contributed by atoms with Crippen LogP contribution in [0.15, 0.2) is 10.2 Å². The van der Waals surface area contributed by atoms with Gasteiger partial charge in [0.1, 0.15) is 12.3 Å². The number of azo groups is 1. The smallest absolute Gasteiger partial charge is 0.146 e. The van der Waals surface area contributed by atoms with Crippen molar-refractivity contribution in [1.29, 1.82) is 0 Å². The molecule has 0 aromatic heterocycles. The first kappa shape index (κ1) is 7.38. The summed E-state index contributed by atoms with van der Waals surface area (Å²) >= 11 is 0. The minimum absolute atomic E-state index is 0.147. The van der Waals surface area contributed by atoms with Gasteiger partial charge in [-0.2, -0.15) is 10.2 Å². The molecular weight excluding hydrogens is 128 g/mol. The monoisotopic (exact) mass is 140 g/mol. The Kier molecular flexibility index (Phi) is 1.58. The maximum atomic E-state index is 10.4. The summed E-state index contributed by atoms with van der Waals surface area (Å²) in [6, 6.07) is -0.213. The molecule has 0 aliphatic carbocycles. The lowest BCUT2D eigenvalue weighted by atomic mass is 9.87. The summed E-state index contributed by atoms with van der Waals surface area (Å²) in [6.45, 7) is 5.98. The van der Waals surface area contributed by atoms with E-state index in [9.17, 15) is 4.79 Å². The average molecular weight is 140 g/mol. The van der Waals surface area contributed by atoms with Crippen molar-refractivity contribution in [2.45, 2.75) is 32.4 Å². The molecule has 0 spiro atoms. The van der Waals surface area contributed by atoms with Gasteiger partial charge in [-0.05, 0) is 13.8 Å². The normalized spacial score (nSPS) is 36.3. The number of hydrogen-bond donors (Lipinski definition) is 0. The topological polar surface area (TPSA) is 41.8 Å². The fraction of sp³-hybridized carbons (Fsp3) is 0.857. The van der Waals surface area contributed by atoms with E-state index in [-0.39, 0.29) is 17.5 Å². The molecule has 0 aromatic rings. The summed E-state index contributed by atoms with van der Waals surface area (Å²) in [6.07, 6.45) is 0.864. The minimum atomic E-state index is -0.213. The van der Waals surface area contributed by atoms with E-state index < -0.39 is 0 Å². The lowest BCUT2D eigenvalue weighted by Crippen LogP contribution is -2.29. The van der Waals surface area contributed by atoms with E-state index in [0.29, 0.717) is 0 Å². The van der Waals surface area contributed by atoms with Crippen molar-refractivity contribution < 1.29 is 4.79 Å². The third-order valence-electron chi connectivity index (χ3n) is 2.21. The van der Waals surface area contributed by atoms with Gasteiger partial charge in [-0.3, -0.25) is 0 Å². The zero-order valence-electron chi connectivity index (χ0n) is 6.53. The molecule has 0 radical (unpaired) electrons. The molecular formula is C7H12N2O. The number of nitrogens with zero attached hydrogens (tertiary/aromatic N) is 2. The minimum Gasteiger partial charge on any atom is -0.301 e. The van der Waals surface area contributed by atoms with Crippen molar-refractivity contribution in [1.82, 2.24) is 0 Å². The highest BCUT2D eigenvalue weighted by Gasteiger charge is 2.37. The lowest BCUT2D eigenvalue weighted by Gasteiger charge is -2.19. The van der Waals surface area contributed by atoms with Crippen LogP contribution in [0.2, 0.25) is 0 Å². The van der Waals surface area contributed by atoms with Crippen molar-refractivity contribution in [2.75, 3.05) is 0 Å². The Morgan fingerprint density at radius 3 is 2.30 bits per heavy atom. The van der Waals surface area contributed by atoms with Gasteiger partial charge in [0.25, 0.3) is 0 Å². The number of carbonyl (C=O) groups excluding carboxylic acids is 1. The van der Waals surface area contributed by atoms with Gasteiger partial charge >= 0.3 is 0 Å². The number of rotatable bonds is 1. The lowest BCUT2D eigenvalue weighted by molar-refractivity contribution is -0.109. The summed E-state index contributed by atoms with van der Waals surface area (Å²) in [5.74, 6) is 0.241. The van der Waals surface area contributed by atoms with Crippen molar-refractivity contribution in [2.24, 2.45) is 16.1 Å². The molecule has 1 rings (SSSR count). The Morgan fingerprint density at radius 1 is 1.50 bits per heavy atom. The molecule has 0 aromatic carbocycles. The Bertz CT molecular complexity index is 174. The summed E-state index contributed by atoms with van der Waals surface area (Å²) in [7, 11) is 0. The van der Waals surface area contributed by atoms with Crippen LogP contribution in [-0.2, 0) is 4.79 Å². The van der Waals surface area contributed by atoms with E-state index in [1.807, 2.05) is 20.8 Å². The first-order valence-electron chi connectivity index (χ1n) is 3.45. The zero-order valence-corrected chi connectivity index (χ0v) is 6.53.